The van der Waals surface area contributed by atoms with Crippen LogP contribution < -0.4 is 5.32 Å². The molecule has 108 valence electrons. The van der Waals surface area contributed by atoms with E-state index in [1.54, 1.807) is 0 Å². The summed E-state index contributed by atoms with van der Waals surface area (Å²) in [6, 6.07) is 2.69. The molecule has 0 atom stereocenters. The number of carboxylic acid groups (broad SMARTS) is 1. The number of carbonyl (C=O) groups is 2. The predicted octanol–water partition coefficient (Wildman–Crippen LogP) is 2.48. The van der Waals surface area contributed by atoms with E-state index in [1.807, 2.05) is 0 Å². The molecule has 1 aliphatic rings. The number of benzene rings is 1. The summed E-state index contributed by atoms with van der Waals surface area (Å²) in [6.45, 7) is 0. The maximum Gasteiger partial charge on any atom is 0.305 e. The third-order valence-corrected chi connectivity index (χ3v) is 3.60. The molecular formula is C14H15F2NO3. The molecule has 0 aromatic heterocycles. The van der Waals surface area contributed by atoms with Crippen LogP contribution in [0, 0.1) is 11.6 Å². The maximum atomic E-state index is 13.5. The van der Waals surface area contributed by atoms with Crippen LogP contribution in [0.2, 0.25) is 0 Å². The summed E-state index contributed by atoms with van der Waals surface area (Å²) in [4.78, 5) is 23.0. The van der Waals surface area contributed by atoms with Crippen LogP contribution in [0.4, 0.5) is 8.78 Å². The maximum absolute atomic E-state index is 13.5. The van der Waals surface area contributed by atoms with Crippen molar-refractivity contribution in [3.63, 3.8) is 0 Å². The van der Waals surface area contributed by atoms with Crippen molar-refractivity contribution in [2.45, 2.75) is 37.6 Å². The van der Waals surface area contributed by atoms with Crippen molar-refractivity contribution in [2.24, 2.45) is 0 Å². The van der Waals surface area contributed by atoms with Crippen molar-refractivity contribution in [3.05, 3.63) is 35.4 Å². The molecule has 1 fully saturated rings. The van der Waals surface area contributed by atoms with Crippen LogP contribution in [-0.2, 0) is 4.79 Å². The molecule has 0 radical (unpaired) electrons. The minimum atomic E-state index is -1.01. The number of amides is 1. The highest BCUT2D eigenvalue weighted by molar-refractivity contribution is 5.95. The van der Waals surface area contributed by atoms with Crippen LogP contribution in [0.25, 0.3) is 0 Å². The summed E-state index contributed by atoms with van der Waals surface area (Å²) in [5.41, 5.74) is -1.10. The lowest BCUT2D eigenvalue weighted by molar-refractivity contribution is -0.138. The van der Waals surface area contributed by atoms with Crippen LogP contribution in [0.15, 0.2) is 18.2 Å². The third-order valence-electron chi connectivity index (χ3n) is 3.60. The lowest BCUT2D eigenvalue weighted by atomic mass is 9.92. The van der Waals surface area contributed by atoms with Crippen LogP contribution in [0.5, 0.6) is 0 Å². The molecule has 20 heavy (non-hydrogen) atoms. The first-order valence-electron chi connectivity index (χ1n) is 6.41. The van der Waals surface area contributed by atoms with Crippen LogP contribution in [-0.4, -0.2) is 22.5 Å². The van der Waals surface area contributed by atoms with Gasteiger partial charge in [0.15, 0.2) is 0 Å². The minimum Gasteiger partial charge on any atom is -0.481 e. The molecule has 1 amide bonds. The van der Waals surface area contributed by atoms with Crippen LogP contribution in [0.3, 0.4) is 0 Å². The van der Waals surface area contributed by atoms with E-state index < -0.39 is 29.0 Å². The molecule has 0 saturated heterocycles. The highest BCUT2D eigenvalue weighted by Gasteiger charge is 2.37. The molecule has 0 aliphatic heterocycles. The van der Waals surface area contributed by atoms with Gasteiger partial charge < -0.3 is 10.4 Å². The number of carboxylic acids is 1. The smallest absolute Gasteiger partial charge is 0.305 e. The van der Waals surface area contributed by atoms with E-state index in [2.05, 4.69) is 5.32 Å². The number of nitrogens with one attached hydrogen (secondary N) is 1. The zero-order valence-corrected chi connectivity index (χ0v) is 10.8. The summed E-state index contributed by atoms with van der Waals surface area (Å²) in [5.74, 6) is -3.43. The van der Waals surface area contributed by atoms with Gasteiger partial charge in [-0.05, 0) is 25.0 Å². The fourth-order valence-corrected chi connectivity index (χ4v) is 2.67. The van der Waals surface area contributed by atoms with E-state index in [-0.39, 0.29) is 12.0 Å². The first-order valence-corrected chi connectivity index (χ1v) is 6.41. The van der Waals surface area contributed by atoms with Gasteiger partial charge in [-0.15, -0.1) is 0 Å². The van der Waals surface area contributed by atoms with E-state index in [9.17, 15) is 18.4 Å². The molecule has 2 N–H and O–H groups in total. The Hall–Kier alpha value is -1.98. The molecule has 1 saturated carbocycles. The third kappa shape index (κ3) is 3.12. The van der Waals surface area contributed by atoms with Crippen LogP contribution in [0.1, 0.15) is 42.5 Å². The molecule has 2 rings (SSSR count). The lowest BCUT2D eigenvalue weighted by Gasteiger charge is -2.28. The summed E-state index contributed by atoms with van der Waals surface area (Å²) >= 11 is 0. The second kappa shape index (κ2) is 5.56. The van der Waals surface area contributed by atoms with Gasteiger partial charge in [0, 0.05) is 6.07 Å². The topological polar surface area (TPSA) is 66.4 Å². The Morgan fingerprint density at radius 3 is 2.45 bits per heavy atom. The molecule has 0 bridgehead atoms. The zero-order chi connectivity index (χ0) is 14.8. The number of halogens is 2. The largest absolute Gasteiger partial charge is 0.481 e. The highest BCUT2D eigenvalue weighted by Crippen LogP contribution is 2.33. The van der Waals surface area contributed by atoms with Gasteiger partial charge in [0.1, 0.15) is 11.6 Å². The molecule has 4 nitrogen and oxygen atoms in total. The SMILES string of the molecule is O=C(O)CC1(NC(=O)c2ccc(F)cc2F)CCCC1. The number of carbonyl (C=O) groups excluding carboxylic acids is 1. The van der Waals surface area contributed by atoms with Gasteiger partial charge in [-0.25, -0.2) is 8.78 Å². The van der Waals surface area contributed by atoms with Crippen molar-refractivity contribution in [1.82, 2.24) is 5.32 Å². The Kier molecular flexibility index (Phi) is 4.01. The summed E-state index contributed by atoms with van der Waals surface area (Å²) < 4.78 is 26.4. The Balaban J connectivity index is 2.18. The first kappa shape index (κ1) is 14.4. The van der Waals surface area contributed by atoms with E-state index in [4.69, 9.17) is 5.11 Å². The summed E-state index contributed by atoms with van der Waals surface area (Å²) in [6.07, 6.45) is 2.54. The lowest BCUT2D eigenvalue weighted by Crippen LogP contribution is -2.48. The average Bonchev–Trinajstić information content (AvgIpc) is 2.75. The van der Waals surface area contributed by atoms with Gasteiger partial charge in [0.2, 0.25) is 0 Å². The molecule has 1 aromatic rings. The second-order valence-electron chi connectivity index (χ2n) is 5.14. The van der Waals surface area contributed by atoms with Gasteiger partial charge >= 0.3 is 5.97 Å². The molecular weight excluding hydrogens is 268 g/mol. The standard InChI is InChI=1S/C14H15F2NO3/c15-9-3-4-10(11(16)7-9)13(20)17-14(8-12(18)19)5-1-2-6-14/h3-4,7H,1-2,5-6,8H2,(H,17,20)(H,18,19). The number of aliphatic carboxylic acids is 1. The van der Waals surface area contributed by atoms with Crippen molar-refractivity contribution < 1.29 is 23.5 Å². The highest BCUT2D eigenvalue weighted by atomic mass is 19.1. The molecule has 0 heterocycles. The van der Waals surface area contributed by atoms with E-state index >= 15 is 0 Å². The van der Waals surface area contributed by atoms with Crippen molar-refractivity contribution in [1.29, 1.82) is 0 Å². The number of hydrogen-bond donors (Lipinski definition) is 2. The van der Waals surface area contributed by atoms with Gasteiger partial charge in [-0.1, -0.05) is 12.8 Å². The number of hydrogen-bond acceptors (Lipinski definition) is 2. The van der Waals surface area contributed by atoms with Gasteiger partial charge in [-0.3, -0.25) is 9.59 Å². The van der Waals surface area contributed by atoms with Crippen molar-refractivity contribution in [3.8, 4) is 0 Å². The van der Waals surface area contributed by atoms with Gasteiger partial charge in [0.05, 0.1) is 17.5 Å². The van der Waals surface area contributed by atoms with Gasteiger partial charge in [0.25, 0.3) is 5.91 Å². The van der Waals surface area contributed by atoms with Gasteiger partial charge in [-0.2, -0.15) is 0 Å². The Morgan fingerprint density at radius 1 is 1.25 bits per heavy atom. The molecule has 1 aromatic carbocycles. The van der Waals surface area contributed by atoms with Crippen LogP contribution >= 0.6 is 0 Å². The van der Waals surface area contributed by atoms with Crippen molar-refractivity contribution in [2.75, 3.05) is 0 Å². The molecule has 1 aliphatic carbocycles. The number of rotatable bonds is 4. The van der Waals surface area contributed by atoms with Crippen molar-refractivity contribution >= 4 is 11.9 Å². The average molecular weight is 283 g/mol. The summed E-state index contributed by atoms with van der Waals surface area (Å²) in [5, 5.41) is 11.6. The minimum absolute atomic E-state index is 0.193. The summed E-state index contributed by atoms with van der Waals surface area (Å²) in [7, 11) is 0. The van der Waals surface area contributed by atoms with E-state index in [1.165, 1.54) is 0 Å². The zero-order valence-electron chi connectivity index (χ0n) is 10.8. The monoisotopic (exact) mass is 283 g/mol. The molecule has 0 spiro atoms. The fraction of sp³-hybridized carbons (Fsp3) is 0.429. The second-order valence-corrected chi connectivity index (χ2v) is 5.14. The first-order chi connectivity index (χ1) is 9.42. The van der Waals surface area contributed by atoms with E-state index in [0.717, 1.165) is 25.0 Å². The Bertz CT molecular complexity index is 539. The predicted molar refractivity (Wildman–Crippen MR) is 67.3 cm³/mol. The Labute approximate surface area is 114 Å². The normalized spacial score (nSPS) is 16.9. The quantitative estimate of drug-likeness (QED) is 0.892. The molecule has 0 unspecified atom stereocenters. The van der Waals surface area contributed by atoms with E-state index in [0.29, 0.717) is 18.9 Å². The fourth-order valence-electron chi connectivity index (χ4n) is 2.67. The molecule has 6 heteroatoms. The Morgan fingerprint density at radius 2 is 1.90 bits per heavy atom.